The summed E-state index contributed by atoms with van der Waals surface area (Å²) in [6.07, 6.45) is 0.539. The molecule has 3 nitrogen and oxygen atoms in total. The van der Waals surface area contributed by atoms with Crippen LogP contribution < -0.4 is 10.6 Å². The molecule has 0 spiro atoms. The minimum Gasteiger partial charge on any atom is -0.384 e. The standard InChI is InChI=1S/C14H18N2O/c1-10(2)8-16-14(17)7-11-9-15-13-6-4-3-5-12(11)13/h3-6,11,15H,1,7-9H2,2H3,(H,16,17). The molecule has 1 aliphatic heterocycles. The molecule has 1 heterocycles. The first kappa shape index (κ1) is 11.7. The van der Waals surface area contributed by atoms with Crippen molar-refractivity contribution in [1.82, 2.24) is 5.32 Å². The van der Waals surface area contributed by atoms with Gasteiger partial charge in [0, 0.05) is 31.1 Å². The number of rotatable bonds is 4. The molecule has 1 aliphatic rings. The molecule has 0 saturated carbocycles. The summed E-state index contributed by atoms with van der Waals surface area (Å²) in [5.41, 5.74) is 3.38. The van der Waals surface area contributed by atoms with Crippen LogP contribution in [0.4, 0.5) is 5.69 Å². The van der Waals surface area contributed by atoms with Crippen molar-refractivity contribution in [3.63, 3.8) is 0 Å². The Morgan fingerprint density at radius 2 is 2.29 bits per heavy atom. The molecule has 2 N–H and O–H groups in total. The maximum atomic E-state index is 11.7. The molecule has 0 saturated heterocycles. The summed E-state index contributed by atoms with van der Waals surface area (Å²) in [6, 6.07) is 8.17. The predicted molar refractivity (Wildman–Crippen MR) is 70.1 cm³/mol. The van der Waals surface area contributed by atoms with E-state index in [0.29, 0.717) is 13.0 Å². The van der Waals surface area contributed by atoms with Crippen LogP contribution in [-0.4, -0.2) is 19.0 Å². The summed E-state index contributed by atoms with van der Waals surface area (Å²) in [6.45, 7) is 7.09. The van der Waals surface area contributed by atoms with E-state index in [9.17, 15) is 4.79 Å². The van der Waals surface area contributed by atoms with Crippen LogP contribution in [-0.2, 0) is 4.79 Å². The number of carbonyl (C=O) groups excluding carboxylic acids is 1. The van der Waals surface area contributed by atoms with Gasteiger partial charge in [0.25, 0.3) is 0 Å². The van der Waals surface area contributed by atoms with Crippen LogP contribution in [0.5, 0.6) is 0 Å². The number of fused-ring (bicyclic) bond motifs is 1. The molecule has 0 bridgehead atoms. The summed E-state index contributed by atoms with van der Waals surface area (Å²) in [7, 11) is 0. The highest BCUT2D eigenvalue weighted by atomic mass is 16.1. The number of hydrogen-bond acceptors (Lipinski definition) is 2. The Morgan fingerprint density at radius 1 is 1.53 bits per heavy atom. The fraction of sp³-hybridized carbons (Fsp3) is 0.357. The lowest BCUT2D eigenvalue weighted by Crippen LogP contribution is -2.26. The first-order valence-electron chi connectivity index (χ1n) is 5.90. The van der Waals surface area contributed by atoms with Gasteiger partial charge in [0.1, 0.15) is 0 Å². The highest BCUT2D eigenvalue weighted by Gasteiger charge is 2.23. The van der Waals surface area contributed by atoms with Crippen LogP contribution >= 0.6 is 0 Å². The minimum absolute atomic E-state index is 0.0940. The van der Waals surface area contributed by atoms with Crippen LogP contribution in [0.3, 0.4) is 0 Å². The number of para-hydroxylation sites is 1. The predicted octanol–water partition coefficient (Wildman–Crippen LogP) is 2.28. The fourth-order valence-electron chi connectivity index (χ4n) is 2.08. The molecular weight excluding hydrogens is 212 g/mol. The van der Waals surface area contributed by atoms with E-state index < -0.39 is 0 Å². The van der Waals surface area contributed by atoms with Crippen molar-refractivity contribution in [2.24, 2.45) is 0 Å². The first-order chi connectivity index (χ1) is 8.16. The number of amides is 1. The van der Waals surface area contributed by atoms with Crippen LogP contribution in [0.2, 0.25) is 0 Å². The molecule has 1 atom stereocenters. The normalized spacial score (nSPS) is 17.1. The number of carbonyl (C=O) groups is 1. The maximum Gasteiger partial charge on any atom is 0.220 e. The van der Waals surface area contributed by atoms with Crippen LogP contribution in [0, 0.1) is 0 Å². The van der Waals surface area contributed by atoms with Gasteiger partial charge >= 0.3 is 0 Å². The van der Waals surface area contributed by atoms with Crippen molar-refractivity contribution in [2.75, 3.05) is 18.4 Å². The molecule has 2 rings (SSSR count). The van der Waals surface area contributed by atoms with E-state index in [4.69, 9.17) is 0 Å². The smallest absolute Gasteiger partial charge is 0.220 e. The third-order valence-electron chi connectivity index (χ3n) is 2.96. The summed E-state index contributed by atoms with van der Waals surface area (Å²) in [5, 5.41) is 6.20. The molecule has 1 amide bonds. The van der Waals surface area contributed by atoms with Crippen LogP contribution in [0.25, 0.3) is 0 Å². The number of benzene rings is 1. The van der Waals surface area contributed by atoms with Gasteiger partial charge in [-0.3, -0.25) is 4.79 Å². The minimum atomic E-state index is 0.0940. The third-order valence-corrected chi connectivity index (χ3v) is 2.96. The summed E-state index contributed by atoms with van der Waals surface area (Å²) < 4.78 is 0. The van der Waals surface area contributed by atoms with E-state index in [1.165, 1.54) is 5.56 Å². The third kappa shape index (κ3) is 2.87. The van der Waals surface area contributed by atoms with Gasteiger partial charge in [-0.25, -0.2) is 0 Å². The fourth-order valence-corrected chi connectivity index (χ4v) is 2.08. The quantitative estimate of drug-likeness (QED) is 0.779. The summed E-state index contributed by atoms with van der Waals surface area (Å²) in [5.74, 6) is 0.382. The van der Waals surface area contributed by atoms with Crippen molar-refractivity contribution >= 4 is 11.6 Å². The van der Waals surface area contributed by atoms with Crippen molar-refractivity contribution in [3.05, 3.63) is 42.0 Å². The lowest BCUT2D eigenvalue weighted by atomic mass is 9.97. The topological polar surface area (TPSA) is 41.1 Å². The molecule has 3 heteroatoms. The first-order valence-corrected chi connectivity index (χ1v) is 5.90. The van der Waals surface area contributed by atoms with Crippen molar-refractivity contribution < 1.29 is 4.79 Å². The molecule has 1 aromatic rings. The Balaban J connectivity index is 1.93. The highest BCUT2D eigenvalue weighted by molar-refractivity contribution is 5.78. The summed E-state index contributed by atoms with van der Waals surface area (Å²) >= 11 is 0. The average Bonchev–Trinajstić information content (AvgIpc) is 2.70. The van der Waals surface area contributed by atoms with Gasteiger partial charge < -0.3 is 10.6 Å². The van der Waals surface area contributed by atoms with Gasteiger partial charge in [0.2, 0.25) is 5.91 Å². The molecule has 17 heavy (non-hydrogen) atoms. The van der Waals surface area contributed by atoms with E-state index in [-0.39, 0.29) is 11.8 Å². The van der Waals surface area contributed by atoms with Crippen molar-refractivity contribution in [3.8, 4) is 0 Å². The van der Waals surface area contributed by atoms with E-state index in [2.05, 4.69) is 29.3 Å². The molecule has 1 aromatic carbocycles. The van der Waals surface area contributed by atoms with Gasteiger partial charge in [-0.15, -0.1) is 0 Å². The second-order valence-corrected chi connectivity index (χ2v) is 4.60. The van der Waals surface area contributed by atoms with Gasteiger partial charge in [0.05, 0.1) is 0 Å². The Labute approximate surface area is 102 Å². The second-order valence-electron chi connectivity index (χ2n) is 4.60. The number of hydrogen-bond donors (Lipinski definition) is 2. The Kier molecular flexibility index (Phi) is 3.47. The highest BCUT2D eigenvalue weighted by Crippen LogP contribution is 2.32. The number of anilines is 1. The molecule has 0 radical (unpaired) electrons. The number of nitrogens with one attached hydrogen (secondary N) is 2. The maximum absolute atomic E-state index is 11.7. The Hall–Kier alpha value is -1.77. The molecule has 1 unspecified atom stereocenters. The van der Waals surface area contributed by atoms with Gasteiger partial charge in [-0.1, -0.05) is 30.4 Å². The lowest BCUT2D eigenvalue weighted by molar-refractivity contribution is -0.121. The molecule has 0 aliphatic carbocycles. The zero-order chi connectivity index (χ0) is 12.3. The van der Waals surface area contributed by atoms with Gasteiger partial charge in [-0.2, -0.15) is 0 Å². The van der Waals surface area contributed by atoms with Crippen molar-refractivity contribution in [1.29, 1.82) is 0 Å². The van der Waals surface area contributed by atoms with Crippen LogP contribution in [0.1, 0.15) is 24.8 Å². The van der Waals surface area contributed by atoms with E-state index in [1.807, 2.05) is 19.1 Å². The van der Waals surface area contributed by atoms with Gasteiger partial charge in [-0.05, 0) is 18.6 Å². The SMILES string of the molecule is C=C(C)CNC(=O)CC1CNc2ccccc21. The molecular formula is C14H18N2O. The Morgan fingerprint density at radius 3 is 3.06 bits per heavy atom. The zero-order valence-electron chi connectivity index (χ0n) is 10.1. The summed E-state index contributed by atoms with van der Waals surface area (Å²) in [4.78, 5) is 11.7. The van der Waals surface area contributed by atoms with E-state index in [1.54, 1.807) is 0 Å². The molecule has 0 aromatic heterocycles. The largest absolute Gasteiger partial charge is 0.384 e. The zero-order valence-corrected chi connectivity index (χ0v) is 10.1. The van der Waals surface area contributed by atoms with Gasteiger partial charge in [0.15, 0.2) is 0 Å². The monoisotopic (exact) mass is 230 g/mol. The van der Waals surface area contributed by atoms with Crippen LogP contribution in [0.15, 0.2) is 36.4 Å². The molecule has 0 fully saturated rings. The Bertz CT molecular complexity index is 440. The van der Waals surface area contributed by atoms with E-state index >= 15 is 0 Å². The molecule has 90 valence electrons. The average molecular weight is 230 g/mol. The van der Waals surface area contributed by atoms with E-state index in [0.717, 1.165) is 17.8 Å². The van der Waals surface area contributed by atoms with Crippen molar-refractivity contribution in [2.45, 2.75) is 19.3 Å². The lowest BCUT2D eigenvalue weighted by Gasteiger charge is -2.10. The second kappa shape index (κ2) is 5.04.